The van der Waals surface area contributed by atoms with Crippen LogP contribution in [-0.4, -0.2) is 30.0 Å². The third-order valence-electron chi connectivity index (χ3n) is 2.68. The molecule has 8 heteroatoms. The molecule has 0 saturated heterocycles. The summed E-state index contributed by atoms with van der Waals surface area (Å²) in [5, 5.41) is 8.97. The van der Waals surface area contributed by atoms with Gasteiger partial charge >= 0.3 is 0 Å². The minimum absolute atomic E-state index is 0.0959. The molecule has 0 bridgehead atoms. The molecule has 0 saturated carbocycles. The van der Waals surface area contributed by atoms with Gasteiger partial charge in [0.05, 0.1) is 6.61 Å². The lowest BCUT2D eigenvalue weighted by molar-refractivity contribution is 0.281. The van der Waals surface area contributed by atoms with E-state index in [1.54, 1.807) is 12.4 Å². The normalized spacial score (nSPS) is 11.7. The highest BCUT2D eigenvalue weighted by Crippen LogP contribution is 2.16. The van der Waals surface area contributed by atoms with E-state index in [9.17, 15) is 12.8 Å². The Bertz CT molecular complexity index is 671. The number of aromatic nitrogens is 2. The standard InChI is InChI=1S/C12H14FN3O3S/c13-10-2-1-9(8-17)7-11(10)20(18,19)16-4-3-12-14-5-6-15-12/h1-2,5-7,16-17H,3-4,8H2,(H,14,15). The SMILES string of the molecule is O=S(=O)(NCCc1ncc[nH]1)c1cc(CO)ccc1F. The summed E-state index contributed by atoms with van der Waals surface area (Å²) >= 11 is 0. The third kappa shape index (κ3) is 3.41. The predicted molar refractivity (Wildman–Crippen MR) is 69.8 cm³/mol. The molecule has 6 nitrogen and oxygen atoms in total. The van der Waals surface area contributed by atoms with Crippen LogP contribution in [0.2, 0.25) is 0 Å². The molecular formula is C12H14FN3O3S. The maximum Gasteiger partial charge on any atom is 0.243 e. The summed E-state index contributed by atoms with van der Waals surface area (Å²) in [5.41, 5.74) is 0.331. The third-order valence-corrected chi connectivity index (χ3v) is 4.15. The number of hydrogen-bond donors (Lipinski definition) is 3. The maximum absolute atomic E-state index is 13.6. The second kappa shape index (κ2) is 6.12. The molecule has 0 spiro atoms. The fourth-order valence-electron chi connectivity index (χ4n) is 1.67. The Labute approximate surface area is 115 Å². The number of imidazole rings is 1. The molecule has 20 heavy (non-hydrogen) atoms. The summed E-state index contributed by atoms with van der Waals surface area (Å²) in [7, 11) is -3.95. The van der Waals surface area contributed by atoms with Gasteiger partial charge in [0.25, 0.3) is 0 Å². The summed E-state index contributed by atoms with van der Waals surface area (Å²) in [5.74, 6) is -0.218. The van der Waals surface area contributed by atoms with Gasteiger partial charge in [0.15, 0.2) is 0 Å². The number of nitrogens with zero attached hydrogens (tertiary/aromatic N) is 1. The first kappa shape index (κ1) is 14.6. The molecule has 3 N–H and O–H groups in total. The van der Waals surface area contributed by atoms with Crippen LogP contribution in [0.15, 0.2) is 35.5 Å². The largest absolute Gasteiger partial charge is 0.392 e. The van der Waals surface area contributed by atoms with Crippen LogP contribution in [-0.2, 0) is 23.1 Å². The van der Waals surface area contributed by atoms with Crippen molar-refractivity contribution >= 4 is 10.0 Å². The smallest absolute Gasteiger partial charge is 0.243 e. The molecule has 0 radical (unpaired) electrons. The fourth-order valence-corrected chi connectivity index (χ4v) is 2.83. The van der Waals surface area contributed by atoms with Crippen molar-refractivity contribution in [3.8, 4) is 0 Å². The average molecular weight is 299 g/mol. The number of H-pyrrole nitrogens is 1. The number of halogens is 1. The minimum atomic E-state index is -3.95. The Hall–Kier alpha value is -1.77. The lowest BCUT2D eigenvalue weighted by Crippen LogP contribution is -2.27. The number of aliphatic hydroxyl groups excluding tert-OH is 1. The number of aliphatic hydroxyl groups is 1. The highest BCUT2D eigenvalue weighted by atomic mass is 32.2. The Balaban J connectivity index is 2.09. The van der Waals surface area contributed by atoms with Gasteiger partial charge in [-0.2, -0.15) is 0 Å². The van der Waals surface area contributed by atoms with E-state index in [0.717, 1.165) is 12.1 Å². The quantitative estimate of drug-likeness (QED) is 0.726. The topological polar surface area (TPSA) is 95.1 Å². The molecule has 0 atom stereocenters. The van der Waals surface area contributed by atoms with Crippen LogP contribution in [0.5, 0.6) is 0 Å². The van der Waals surface area contributed by atoms with Gasteiger partial charge in [-0.25, -0.2) is 22.5 Å². The predicted octanol–water partition coefficient (Wildman–Crippen LogP) is 0.562. The molecule has 1 aromatic carbocycles. The Kier molecular flexibility index (Phi) is 4.48. The second-order valence-electron chi connectivity index (χ2n) is 4.11. The van der Waals surface area contributed by atoms with E-state index in [4.69, 9.17) is 5.11 Å². The fraction of sp³-hybridized carbons (Fsp3) is 0.250. The summed E-state index contributed by atoms with van der Waals surface area (Å²) in [6.07, 6.45) is 3.57. The van der Waals surface area contributed by atoms with Crippen LogP contribution in [0.3, 0.4) is 0 Å². The summed E-state index contributed by atoms with van der Waals surface area (Å²) in [6.45, 7) is -0.256. The van der Waals surface area contributed by atoms with Crippen LogP contribution < -0.4 is 4.72 Å². The van der Waals surface area contributed by atoms with Crippen molar-refractivity contribution in [1.82, 2.24) is 14.7 Å². The van der Waals surface area contributed by atoms with Gasteiger partial charge < -0.3 is 10.1 Å². The van der Waals surface area contributed by atoms with Crippen molar-refractivity contribution in [3.63, 3.8) is 0 Å². The van der Waals surface area contributed by atoms with Gasteiger partial charge in [-0.05, 0) is 17.7 Å². The lowest BCUT2D eigenvalue weighted by Gasteiger charge is -2.08. The molecule has 0 fully saturated rings. The van der Waals surface area contributed by atoms with Crippen LogP contribution in [0, 0.1) is 5.82 Å². The van der Waals surface area contributed by atoms with Crippen molar-refractivity contribution in [2.45, 2.75) is 17.9 Å². The summed E-state index contributed by atoms with van der Waals surface area (Å²) in [4.78, 5) is 6.33. The van der Waals surface area contributed by atoms with E-state index < -0.39 is 20.7 Å². The Morgan fingerprint density at radius 2 is 2.20 bits per heavy atom. The summed E-state index contributed by atoms with van der Waals surface area (Å²) < 4.78 is 39.9. The first-order valence-electron chi connectivity index (χ1n) is 5.90. The van der Waals surface area contributed by atoms with Crippen molar-refractivity contribution in [1.29, 1.82) is 0 Å². The molecule has 2 aromatic rings. The van der Waals surface area contributed by atoms with E-state index in [-0.39, 0.29) is 13.2 Å². The second-order valence-corrected chi connectivity index (χ2v) is 5.84. The number of aromatic amines is 1. The zero-order valence-electron chi connectivity index (χ0n) is 10.5. The number of benzene rings is 1. The van der Waals surface area contributed by atoms with Crippen LogP contribution in [0.4, 0.5) is 4.39 Å². The number of hydrogen-bond acceptors (Lipinski definition) is 4. The molecule has 0 aliphatic rings. The highest BCUT2D eigenvalue weighted by molar-refractivity contribution is 7.89. The first-order valence-corrected chi connectivity index (χ1v) is 7.38. The van der Waals surface area contributed by atoms with Gasteiger partial charge in [0.2, 0.25) is 10.0 Å². The van der Waals surface area contributed by atoms with Gasteiger partial charge in [-0.15, -0.1) is 0 Å². The zero-order chi connectivity index (χ0) is 14.6. The molecule has 0 aliphatic heterocycles. The van der Waals surface area contributed by atoms with Gasteiger partial charge in [0.1, 0.15) is 16.5 Å². The molecule has 1 heterocycles. The summed E-state index contributed by atoms with van der Waals surface area (Å²) in [6, 6.07) is 3.47. The van der Waals surface area contributed by atoms with E-state index in [1.165, 1.54) is 6.07 Å². The zero-order valence-corrected chi connectivity index (χ0v) is 11.3. The molecule has 0 aliphatic carbocycles. The Morgan fingerprint density at radius 1 is 1.40 bits per heavy atom. The number of nitrogens with one attached hydrogen (secondary N) is 2. The Morgan fingerprint density at radius 3 is 2.85 bits per heavy atom. The monoisotopic (exact) mass is 299 g/mol. The molecule has 0 unspecified atom stereocenters. The van der Waals surface area contributed by atoms with E-state index >= 15 is 0 Å². The van der Waals surface area contributed by atoms with Gasteiger partial charge in [-0.1, -0.05) is 6.07 Å². The average Bonchev–Trinajstić information content (AvgIpc) is 2.92. The minimum Gasteiger partial charge on any atom is -0.392 e. The lowest BCUT2D eigenvalue weighted by atomic mass is 10.2. The van der Waals surface area contributed by atoms with Crippen molar-refractivity contribution in [3.05, 3.63) is 47.8 Å². The van der Waals surface area contributed by atoms with Crippen molar-refractivity contribution < 1.29 is 17.9 Å². The van der Waals surface area contributed by atoms with E-state index in [0.29, 0.717) is 17.8 Å². The van der Waals surface area contributed by atoms with Crippen LogP contribution >= 0.6 is 0 Å². The molecule has 2 rings (SSSR count). The number of sulfonamides is 1. The first-order chi connectivity index (χ1) is 9.53. The van der Waals surface area contributed by atoms with Crippen molar-refractivity contribution in [2.75, 3.05) is 6.54 Å². The van der Waals surface area contributed by atoms with Gasteiger partial charge in [-0.3, -0.25) is 0 Å². The number of rotatable bonds is 6. The molecular weight excluding hydrogens is 285 g/mol. The molecule has 108 valence electrons. The van der Waals surface area contributed by atoms with Crippen LogP contribution in [0.25, 0.3) is 0 Å². The molecule has 0 amide bonds. The van der Waals surface area contributed by atoms with E-state index in [1.807, 2.05) is 0 Å². The van der Waals surface area contributed by atoms with E-state index in [2.05, 4.69) is 14.7 Å². The van der Waals surface area contributed by atoms with Crippen LogP contribution in [0.1, 0.15) is 11.4 Å². The maximum atomic E-state index is 13.6. The molecule has 1 aromatic heterocycles. The van der Waals surface area contributed by atoms with Crippen molar-refractivity contribution in [2.24, 2.45) is 0 Å². The van der Waals surface area contributed by atoms with Gasteiger partial charge in [0, 0.05) is 25.4 Å². The highest BCUT2D eigenvalue weighted by Gasteiger charge is 2.19.